The fourth-order valence-electron chi connectivity index (χ4n) is 3.15. The van der Waals surface area contributed by atoms with E-state index in [0.29, 0.717) is 29.4 Å². The average Bonchev–Trinajstić information content (AvgIpc) is 3.25. The van der Waals surface area contributed by atoms with Gasteiger partial charge in [0.2, 0.25) is 0 Å². The molecule has 2 heterocycles. The minimum Gasteiger partial charge on any atom is -0.493 e. The van der Waals surface area contributed by atoms with Gasteiger partial charge in [-0.1, -0.05) is 37.2 Å². The highest BCUT2D eigenvalue weighted by Crippen LogP contribution is 2.29. The minimum atomic E-state index is -0.202. The summed E-state index contributed by atoms with van der Waals surface area (Å²) < 4.78 is 7.29. The van der Waals surface area contributed by atoms with E-state index >= 15 is 0 Å². The summed E-state index contributed by atoms with van der Waals surface area (Å²) >= 11 is 1.58. The number of carbonyl (C=O) groups excluding carboxylic acids is 1. The molecule has 0 unspecified atom stereocenters. The van der Waals surface area contributed by atoms with E-state index < -0.39 is 0 Å². The molecule has 0 saturated heterocycles. The molecule has 1 N–H and O–H groups in total. The Morgan fingerprint density at radius 3 is 2.71 bits per heavy atom. The van der Waals surface area contributed by atoms with Crippen LogP contribution in [-0.4, -0.2) is 32.1 Å². The molecule has 0 aliphatic heterocycles. The summed E-state index contributed by atoms with van der Waals surface area (Å²) in [6.07, 6.45) is 3.42. The Kier molecular flexibility index (Phi) is 6.47. The van der Waals surface area contributed by atoms with Crippen LogP contribution in [0.2, 0.25) is 0 Å². The monoisotopic (exact) mass is 433 g/mol. The molecule has 0 atom stereocenters. The van der Waals surface area contributed by atoms with E-state index in [4.69, 9.17) is 4.74 Å². The van der Waals surface area contributed by atoms with Crippen molar-refractivity contribution >= 4 is 29.1 Å². The Labute approximate surface area is 184 Å². The van der Waals surface area contributed by atoms with Gasteiger partial charge in [0.15, 0.2) is 0 Å². The number of aryl methyl sites for hydroxylation is 1. The van der Waals surface area contributed by atoms with Gasteiger partial charge in [-0.05, 0) is 55.8 Å². The minimum absolute atomic E-state index is 0.202. The van der Waals surface area contributed by atoms with Crippen LogP contribution in [0.4, 0.5) is 5.69 Å². The molecular formula is C23H23N5O2S. The normalized spacial score (nSPS) is 10.9. The summed E-state index contributed by atoms with van der Waals surface area (Å²) in [6, 6.07) is 17.0. The lowest BCUT2D eigenvalue weighted by atomic mass is 10.2. The lowest BCUT2D eigenvalue weighted by Crippen LogP contribution is -2.13. The van der Waals surface area contributed by atoms with Crippen LogP contribution in [0.5, 0.6) is 5.75 Å². The Bertz CT molecular complexity index is 1190. The predicted octanol–water partition coefficient (Wildman–Crippen LogP) is 4.88. The van der Waals surface area contributed by atoms with Crippen molar-refractivity contribution in [1.82, 2.24) is 19.6 Å². The summed E-state index contributed by atoms with van der Waals surface area (Å²) in [6.45, 7) is 4.53. The highest BCUT2D eigenvalue weighted by atomic mass is 32.2. The number of hydrogen-bond acceptors (Lipinski definition) is 6. The summed E-state index contributed by atoms with van der Waals surface area (Å²) in [4.78, 5) is 22.5. The first kappa shape index (κ1) is 20.9. The van der Waals surface area contributed by atoms with Crippen LogP contribution in [0.3, 0.4) is 0 Å². The fraction of sp³-hybridized carbons (Fsp3) is 0.217. The number of aromatic nitrogens is 4. The van der Waals surface area contributed by atoms with E-state index in [1.807, 2.05) is 43.3 Å². The van der Waals surface area contributed by atoms with Crippen LogP contribution in [0, 0.1) is 0 Å². The van der Waals surface area contributed by atoms with Gasteiger partial charge in [0, 0.05) is 16.3 Å². The number of rotatable bonds is 8. The van der Waals surface area contributed by atoms with Crippen LogP contribution < -0.4 is 10.1 Å². The molecule has 4 aromatic rings. The van der Waals surface area contributed by atoms with Gasteiger partial charge in [-0.3, -0.25) is 4.79 Å². The van der Waals surface area contributed by atoms with Gasteiger partial charge < -0.3 is 10.1 Å². The van der Waals surface area contributed by atoms with Crippen molar-refractivity contribution in [3.63, 3.8) is 0 Å². The lowest BCUT2D eigenvalue weighted by Gasteiger charge is -2.11. The van der Waals surface area contributed by atoms with E-state index in [1.165, 1.54) is 6.33 Å². The summed E-state index contributed by atoms with van der Waals surface area (Å²) in [5.74, 6) is 0.976. The zero-order valence-corrected chi connectivity index (χ0v) is 18.2. The molecule has 0 saturated carbocycles. The van der Waals surface area contributed by atoms with Gasteiger partial charge in [-0.25, -0.2) is 4.98 Å². The Morgan fingerprint density at radius 2 is 1.94 bits per heavy atom. The second kappa shape index (κ2) is 9.61. The first-order valence-corrected chi connectivity index (χ1v) is 11.0. The van der Waals surface area contributed by atoms with Gasteiger partial charge in [-0.15, -0.1) is 0 Å². The number of para-hydroxylation sites is 1. The molecule has 0 bridgehead atoms. The van der Waals surface area contributed by atoms with Gasteiger partial charge in [0.1, 0.15) is 17.1 Å². The standard InChI is InChI=1S/C23H23N5O2S/c1-3-7-17-14-21(28-23(27-17)24-15-25-28)31-18-12-10-16(11-13-18)26-22(29)19-8-5-6-9-20(19)30-4-2/h5-6,8-15H,3-4,7H2,1-2H3,(H,26,29). The van der Waals surface area contributed by atoms with E-state index in [1.54, 1.807) is 28.4 Å². The highest BCUT2D eigenvalue weighted by Gasteiger charge is 2.13. The maximum Gasteiger partial charge on any atom is 0.259 e. The first-order chi connectivity index (χ1) is 15.2. The molecule has 0 fully saturated rings. The lowest BCUT2D eigenvalue weighted by molar-refractivity contribution is 0.102. The topological polar surface area (TPSA) is 81.4 Å². The zero-order valence-electron chi connectivity index (χ0n) is 17.4. The van der Waals surface area contributed by atoms with Crippen molar-refractivity contribution in [2.75, 3.05) is 11.9 Å². The summed E-state index contributed by atoms with van der Waals surface area (Å²) in [5.41, 5.74) is 2.23. The SMILES string of the molecule is CCCc1cc(Sc2ccc(NC(=O)c3ccccc3OCC)cc2)n2ncnc2n1. The summed E-state index contributed by atoms with van der Waals surface area (Å²) in [5, 5.41) is 8.17. The highest BCUT2D eigenvalue weighted by molar-refractivity contribution is 7.99. The number of amides is 1. The number of carbonyl (C=O) groups is 1. The number of nitrogens with zero attached hydrogens (tertiary/aromatic N) is 4. The second-order valence-corrected chi connectivity index (χ2v) is 7.91. The molecule has 0 spiro atoms. The van der Waals surface area contributed by atoms with Crippen LogP contribution in [0.15, 0.2) is 70.8 Å². The predicted molar refractivity (Wildman–Crippen MR) is 121 cm³/mol. The Balaban J connectivity index is 1.50. The van der Waals surface area contributed by atoms with E-state index in [0.717, 1.165) is 28.5 Å². The Hall–Kier alpha value is -3.39. The Morgan fingerprint density at radius 1 is 1.13 bits per heavy atom. The van der Waals surface area contributed by atoms with Crippen LogP contribution >= 0.6 is 11.8 Å². The molecule has 7 nitrogen and oxygen atoms in total. The van der Waals surface area contributed by atoms with Crippen molar-refractivity contribution in [1.29, 1.82) is 0 Å². The van der Waals surface area contributed by atoms with Crippen molar-refractivity contribution in [2.45, 2.75) is 36.6 Å². The van der Waals surface area contributed by atoms with Crippen molar-refractivity contribution in [2.24, 2.45) is 0 Å². The number of ether oxygens (including phenoxy) is 1. The second-order valence-electron chi connectivity index (χ2n) is 6.82. The molecule has 8 heteroatoms. The van der Waals surface area contributed by atoms with Gasteiger partial charge in [0.25, 0.3) is 11.7 Å². The van der Waals surface area contributed by atoms with Gasteiger partial charge in [-0.2, -0.15) is 14.6 Å². The average molecular weight is 434 g/mol. The number of benzene rings is 2. The van der Waals surface area contributed by atoms with Crippen LogP contribution in [0.25, 0.3) is 5.78 Å². The van der Waals surface area contributed by atoms with E-state index in [-0.39, 0.29) is 5.91 Å². The van der Waals surface area contributed by atoms with E-state index in [2.05, 4.69) is 33.4 Å². The third-order valence-corrected chi connectivity index (χ3v) is 5.55. The molecule has 0 radical (unpaired) electrons. The number of nitrogens with one attached hydrogen (secondary N) is 1. The van der Waals surface area contributed by atoms with Crippen LogP contribution in [0.1, 0.15) is 36.3 Å². The quantitative estimate of drug-likeness (QED) is 0.399. The third-order valence-electron chi connectivity index (χ3n) is 4.54. The van der Waals surface area contributed by atoms with Crippen LogP contribution in [-0.2, 0) is 6.42 Å². The number of fused-ring (bicyclic) bond motifs is 1. The molecule has 0 aliphatic rings. The molecule has 1 amide bonds. The number of anilines is 1. The van der Waals surface area contributed by atoms with Crippen molar-refractivity contribution in [3.8, 4) is 5.75 Å². The van der Waals surface area contributed by atoms with Crippen molar-refractivity contribution in [3.05, 3.63) is 72.2 Å². The molecule has 0 aliphatic carbocycles. The molecular weight excluding hydrogens is 410 g/mol. The smallest absolute Gasteiger partial charge is 0.259 e. The molecule has 2 aromatic carbocycles. The van der Waals surface area contributed by atoms with Gasteiger partial charge in [0.05, 0.1) is 12.2 Å². The fourth-order valence-corrected chi connectivity index (χ4v) is 4.07. The summed E-state index contributed by atoms with van der Waals surface area (Å²) in [7, 11) is 0. The molecule has 4 rings (SSSR count). The molecule has 2 aromatic heterocycles. The maximum absolute atomic E-state index is 12.7. The third kappa shape index (κ3) is 4.86. The maximum atomic E-state index is 12.7. The zero-order chi connectivity index (χ0) is 21.6. The van der Waals surface area contributed by atoms with Crippen molar-refractivity contribution < 1.29 is 9.53 Å². The number of hydrogen-bond donors (Lipinski definition) is 1. The largest absolute Gasteiger partial charge is 0.493 e. The van der Waals surface area contributed by atoms with Gasteiger partial charge >= 0.3 is 0 Å². The molecule has 31 heavy (non-hydrogen) atoms. The van der Waals surface area contributed by atoms with E-state index in [9.17, 15) is 4.79 Å². The molecule has 158 valence electrons. The first-order valence-electron chi connectivity index (χ1n) is 10.2.